The number of alkyl halides is 3. The van der Waals surface area contributed by atoms with Crippen molar-refractivity contribution in [1.29, 1.82) is 0 Å². The molecule has 4 rings (SSSR count). The monoisotopic (exact) mass is 446 g/mol. The number of benzene rings is 1. The van der Waals surface area contributed by atoms with Crippen molar-refractivity contribution >= 4 is 29.0 Å². The Kier molecular flexibility index (Phi) is 4.92. The number of nitrogens with zero attached hydrogens (tertiary/aromatic N) is 2. The van der Waals surface area contributed by atoms with Gasteiger partial charge in [-0.15, -0.1) is 0 Å². The number of carbonyl (C=O) groups excluding carboxylic acids is 1. The van der Waals surface area contributed by atoms with Gasteiger partial charge in [-0.2, -0.15) is 18.3 Å². The van der Waals surface area contributed by atoms with Gasteiger partial charge in [-0.25, -0.2) is 13.5 Å². The number of carbonyl (C=O) groups is 1. The molecule has 0 saturated heterocycles. The Morgan fingerprint density at radius 1 is 1.30 bits per heavy atom. The second-order valence-electron chi connectivity index (χ2n) is 6.54. The summed E-state index contributed by atoms with van der Waals surface area (Å²) in [6, 6.07) is 2.53. The lowest BCUT2D eigenvalue weighted by Gasteiger charge is -2.32. The maximum absolute atomic E-state index is 13.8. The molecule has 1 aromatic carbocycles. The predicted octanol–water partition coefficient (Wildman–Crippen LogP) is 5.32. The minimum atomic E-state index is -4.69. The molecule has 0 fully saturated rings. The number of nitrogens with one attached hydrogen (secondary N) is 2. The molecular weight excluding hydrogens is 435 g/mol. The van der Waals surface area contributed by atoms with E-state index in [0.717, 1.165) is 12.1 Å². The molecule has 12 heteroatoms. The van der Waals surface area contributed by atoms with E-state index in [1.165, 1.54) is 18.4 Å². The van der Waals surface area contributed by atoms with Crippen molar-refractivity contribution in [3.05, 3.63) is 64.7 Å². The van der Waals surface area contributed by atoms with Crippen LogP contribution in [0, 0.1) is 11.6 Å². The highest BCUT2D eigenvalue weighted by atomic mass is 35.5. The first kappa shape index (κ1) is 20.2. The van der Waals surface area contributed by atoms with E-state index >= 15 is 0 Å². The van der Waals surface area contributed by atoms with Crippen LogP contribution in [-0.2, 0) is 0 Å². The van der Waals surface area contributed by atoms with E-state index in [1.54, 1.807) is 0 Å². The molecule has 6 nitrogen and oxygen atoms in total. The lowest BCUT2D eigenvalue weighted by molar-refractivity contribution is -0.174. The summed E-state index contributed by atoms with van der Waals surface area (Å²) in [6.45, 7) is 0. The minimum absolute atomic E-state index is 0.226. The molecule has 2 N–H and O–H groups in total. The summed E-state index contributed by atoms with van der Waals surface area (Å²) < 4.78 is 73.6. The summed E-state index contributed by atoms with van der Waals surface area (Å²) in [5, 5.41) is 8.27. The molecule has 0 spiro atoms. The second kappa shape index (κ2) is 7.31. The molecule has 3 heterocycles. The van der Waals surface area contributed by atoms with Crippen LogP contribution in [0.3, 0.4) is 0 Å². The Balaban J connectivity index is 1.70. The number of aromatic nitrogens is 2. The fourth-order valence-corrected chi connectivity index (χ4v) is 3.45. The number of fused-ring (bicyclic) bond motifs is 1. The van der Waals surface area contributed by atoms with Crippen molar-refractivity contribution in [1.82, 2.24) is 9.78 Å². The van der Waals surface area contributed by atoms with Gasteiger partial charge >= 0.3 is 6.18 Å². The van der Waals surface area contributed by atoms with Crippen LogP contribution in [0.4, 0.5) is 33.5 Å². The number of furan rings is 1. The van der Waals surface area contributed by atoms with Crippen molar-refractivity contribution < 1.29 is 31.2 Å². The molecule has 3 aromatic rings. The van der Waals surface area contributed by atoms with Crippen molar-refractivity contribution in [3.8, 4) is 0 Å². The maximum atomic E-state index is 13.8. The Bertz CT molecular complexity index is 1100. The first-order valence-electron chi connectivity index (χ1n) is 8.56. The maximum Gasteiger partial charge on any atom is 0.410 e. The van der Waals surface area contributed by atoms with Gasteiger partial charge in [-0.1, -0.05) is 11.6 Å². The van der Waals surface area contributed by atoms with Gasteiger partial charge in [-0.05, 0) is 24.3 Å². The highest BCUT2D eigenvalue weighted by Gasteiger charge is 2.48. The number of rotatable bonds is 3. The van der Waals surface area contributed by atoms with E-state index in [9.17, 15) is 26.7 Å². The van der Waals surface area contributed by atoms with E-state index in [1.807, 2.05) is 0 Å². The number of hydrogen-bond donors (Lipinski definition) is 2. The molecule has 158 valence electrons. The Labute approximate surface area is 170 Å². The largest absolute Gasteiger partial charge is 0.467 e. The van der Waals surface area contributed by atoms with E-state index < -0.39 is 47.9 Å². The van der Waals surface area contributed by atoms with Gasteiger partial charge < -0.3 is 15.1 Å². The molecule has 2 atom stereocenters. The Morgan fingerprint density at radius 3 is 2.70 bits per heavy atom. The topological polar surface area (TPSA) is 72.1 Å². The molecule has 1 aliphatic rings. The average molecular weight is 447 g/mol. The van der Waals surface area contributed by atoms with Crippen molar-refractivity contribution in [2.75, 3.05) is 10.6 Å². The Hall–Kier alpha value is -3.08. The summed E-state index contributed by atoms with van der Waals surface area (Å²) in [4.78, 5) is 12.5. The number of halogens is 6. The van der Waals surface area contributed by atoms with Crippen LogP contribution in [0.5, 0.6) is 0 Å². The van der Waals surface area contributed by atoms with Crippen LogP contribution >= 0.6 is 11.6 Å². The zero-order valence-electron chi connectivity index (χ0n) is 14.8. The van der Waals surface area contributed by atoms with E-state index in [0.29, 0.717) is 10.7 Å². The summed E-state index contributed by atoms with van der Waals surface area (Å²) in [5.74, 6) is -2.94. The predicted molar refractivity (Wildman–Crippen MR) is 96.3 cm³/mol. The molecule has 0 radical (unpaired) electrons. The van der Waals surface area contributed by atoms with Crippen LogP contribution in [0.25, 0.3) is 0 Å². The lowest BCUT2D eigenvalue weighted by atomic mass is 10.0. The minimum Gasteiger partial charge on any atom is -0.467 e. The molecule has 1 aliphatic heterocycles. The Morgan fingerprint density at radius 2 is 2.07 bits per heavy atom. The van der Waals surface area contributed by atoms with Gasteiger partial charge in [0.25, 0.3) is 5.91 Å². The first-order chi connectivity index (χ1) is 14.1. The van der Waals surface area contributed by atoms with E-state index in [-0.39, 0.29) is 22.3 Å². The van der Waals surface area contributed by atoms with Crippen LogP contribution in [0.1, 0.15) is 34.8 Å². The molecule has 0 aliphatic carbocycles. The molecule has 0 bridgehead atoms. The number of hydrogen-bond acceptors (Lipinski definition) is 4. The fourth-order valence-electron chi connectivity index (χ4n) is 3.18. The van der Waals surface area contributed by atoms with Crippen LogP contribution in [0.2, 0.25) is 5.02 Å². The molecular formula is C18H12ClF5N4O2. The molecule has 0 unspecified atom stereocenters. The SMILES string of the molecule is O=C(Nc1ccc(F)cc1F)c1nn2c(c1Cl)N[C@H](c1ccco1)C[C@H]2C(F)(F)F. The lowest BCUT2D eigenvalue weighted by Crippen LogP contribution is -2.35. The molecule has 2 aromatic heterocycles. The summed E-state index contributed by atoms with van der Waals surface area (Å²) in [7, 11) is 0. The average Bonchev–Trinajstić information content (AvgIpc) is 3.31. The van der Waals surface area contributed by atoms with Crippen LogP contribution in [0.15, 0.2) is 41.0 Å². The molecule has 30 heavy (non-hydrogen) atoms. The summed E-state index contributed by atoms with van der Waals surface area (Å²) in [5.41, 5.74) is -0.922. The van der Waals surface area contributed by atoms with Gasteiger partial charge in [0, 0.05) is 12.5 Å². The third-order valence-electron chi connectivity index (χ3n) is 4.58. The van der Waals surface area contributed by atoms with E-state index in [4.69, 9.17) is 16.0 Å². The summed E-state index contributed by atoms with van der Waals surface area (Å²) >= 11 is 6.15. The number of amides is 1. The van der Waals surface area contributed by atoms with Gasteiger partial charge in [-0.3, -0.25) is 4.79 Å². The zero-order chi connectivity index (χ0) is 21.6. The van der Waals surface area contributed by atoms with Crippen LogP contribution < -0.4 is 10.6 Å². The van der Waals surface area contributed by atoms with Gasteiger partial charge in [0.05, 0.1) is 18.0 Å². The van der Waals surface area contributed by atoms with E-state index in [2.05, 4.69) is 15.7 Å². The zero-order valence-corrected chi connectivity index (χ0v) is 15.6. The third-order valence-corrected chi connectivity index (χ3v) is 4.93. The normalized spacial score (nSPS) is 18.6. The number of anilines is 2. The second-order valence-corrected chi connectivity index (χ2v) is 6.92. The van der Waals surface area contributed by atoms with Crippen molar-refractivity contribution in [3.63, 3.8) is 0 Å². The van der Waals surface area contributed by atoms with Crippen molar-refractivity contribution in [2.24, 2.45) is 0 Å². The first-order valence-corrected chi connectivity index (χ1v) is 8.94. The van der Waals surface area contributed by atoms with Gasteiger partial charge in [0.1, 0.15) is 28.2 Å². The molecule has 1 amide bonds. The third kappa shape index (κ3) is 3.60. The highest BCUT2D eigenvalue weighted by molar-refractivity contribution is 6.36. The van der Waals surface area contributed by atoms with Crippen molar-refractivity contribution in [2.45, 2.75) is 24.7 Å². The quantitative estimate of drug-likeness (QED) is 0.534. The van der Waals surface area contributed by atoms with Gasteiger partial charge in [0.2, 0.25) is 0 Å². The molecule has 0 saturated carbocycles. The van der Waals surface area contributed by atoms with Crippen LogP contribution in [-0.4, -0.2) is 21.9 Å². The fraction of sp³-hybridized carbons (Fsp3) is 0.222. The summed E-state index contributed by atoms with van der Waals surface area (Å²) in [6.07, 6.45) is -3.81. The highest BCUT2D eigenvalue weighted by Crippen LogP contribution is 2.46. The standard InChI is InChI=1S/C18H12ClF5N4O2/c19-14-15(17(29)26-10-4-3-8(20)6-9(10)21)27-28-13(18(22,23)24)7-11(25-16(14)28)12-2-1-5-30-12/h1-6,11,13,25H,7H2,(H,26,29)/t11-,13-/m0/s1. The van der Waals surface area contributed by atoms with Gasteiger partial charge in [0.15, 0.2) is 11.7 Å². The smallest absolute Gasteiger partial charge is 0.410 e.